The van der Waals surface area contributed by atoms with Crippen LogP contribution < -0.4 is 14.8 Å². The monoisotopic (exact) mass is 434 g/mol. The van der Waals surface area contributed by atoms with Gasteiger partial charge in [0.2, 0.25) is 10.0 Å². The van der Waals surface area contributed by atoms with E-state index in [0.29, 0.717) is 0 Å². The van der Waals surface area contributed by atoms with E-state index in [2.05, 4.69) is 20.0 Å². The number of nitrogens with zero attached hydrogens (tertiary/aromatic N) is 2. The lowest BCUT2D eigenvalue weighted by molar-refractivity contribution is 0.414. The highest BCUT2D eigenvalue weighted by Crippen LogP contribution is 2.26. The van der Waals surface area contributed by atoms with Gasteiger partial charge in [-0.3, -0.25) is 9.97 Å². The average molecular weight is 435 g/mol. The number of fused-ring (bicyclic) bond motifs is 1. The summed E-state index contributed by atoms with van der Waals surface area (Å²) in [5.74, 6) is 0.722. The van der Waals surface area contributed by atoms with Gasteiger partial charge in [-0.05, 0) is 61.0 Å². The quantitative estimate of drug-likeness (QED) is 0.447. The zero-order valence-electron chi connectivity index (χ0n) is 17.1. The lowest BCUT2D eigenvalue weighted by Crippen LogP contribution is -2.26. The number of methoxy groups -OCH3 is 1. The molecular weight excluding hydrogens is 412 g/mol. The molecule has 0 radical (unpaired) electrons. The number of sulfonamides is 1. The summed E-state index contributed by atoms with van der Waals surface area (Å²) in [6, 6.07) is 17.3. The van der Waals surface area contributed by atoms with Crippen LogP contribution >= 0.6 is 0 Å². The second-order valence-corrected chi connectivity index (χ2v) is 8.73. The average Bonchev–Trinajstić information content (AvgIpc) is 2.79. The van der Waals surface area contributed by atoms with Crippen molar-refractivity contribution in [2.75, 3.05) is 12.4 Å². The Balaban J connectivity index is 1.49. The van der Waals surface area contributed by atoms with E-state index in [1.807, 2.05) is 24.3 Å². The Morgan fingerprint density at radius 1 is 0.935 bits per heavy atom. The molecule has 158 valence electrons. The van der Waals surface area contributed by atoms with Crippen molar-refractivity contribution < 1.29 is 13.2 Å². The molecule has 31 heavy (non-hydrogen) atoms. The molecule has 4 aromatic rings. The molecule has 0 aliphatic heterocycles. The van der Waals surface area contributed by atoms with Crippen LogP contribution in [0.2, 0.25) is 0 Å². The van der Waals surface area contributed by atoms with Crippen molar-refractivity contribution in [3.8, 4) is 5.75 Å². The zero-order chi connectivity index (χ0) is 21.8. The Morgan fingerprint density at radius 2 is 1.68 bits per heavy atom. The Morgan fingerprint density at radius 3 is 2.39 bits per heavy atom. The van der Waals surface area contributed by atoms with Gasteiger partial charge in [-0.2, -0.15) is 0 Å². The summed E-state index contributed by atoms with van der Waals surface area (Å²) in [5, 5.41) is 4.24. The number of anilines is 2. The largest absolute Gasteiger partial charge is 0.497 e. The highest BCUT2D eigenvalue weighted by atomic mass is 32.2. The molecule has 2 aromatic heterocycles. The van der Waals surface area contributed by atoms with Crippen LogP contribution in [0.5, 0.6) is 5.75 Å². The number of benzene rings is 2. The predicted octanol–water partition coefficient (Wildman–Crippen LogP) is 4.42. The van der Waals surface area contributed by atoms with Crippen LogP contribution in [-0.2, 0) is 10.0 Å². The molecule has 0 unspecified atom stereocenters. The Labute approximate surface area is 181 Å². The van der Waals surface area contributed by atoms with Crippen molar-refractivity contribution in [2.24, 2.45) is 0 Å². The molecule has 0 aliphatic carbocycles. The SMILES string of the molecule is COc1ccc([C@@H](C)NS(=O)(=O)c2ccc(Nc3ccnc4cnccc34)cc2)cc1. The number of nitrogens with one attached hydrogen (secondary N) is 2. The normalized spacial score (nSPS) is 12.5. The van der Waals surface area contributed by atoms with Crippen molar-refractivity contribution >= 4 is 32.3 Å². The first-order chi connectivity index (χ1) is 15.0. The summed E-state index contributed by atoms with van der Waals surface area (Å²) in [5.41, 5.74) is 3.27. The molecule has 0 aliphatic rings. The molecule has 0 spiro atoms. The number of hydrogen-bond acceptors (Lipinski definition) is 6. The van der Waals surface area contributed by atoms with Crippen LogP contribution in [0.1, 0.15) is 18.5 Å². The molecule has 0 amide bonds. The summed E-state index contributed by atoms with van der Waals surface area (Å²) < 4.78 is 33.5. The third-order valence-electron chi connectivity index (χ3n) is 4.94. The highest BCUT2D eigenvalue weighted by Gasteiger charge is 2.18. The third kappa shape index (κ3) is 4.65. The number of aromatic nitrogens is 2. The van der Waals surface area contributed by atoms with Crippen molar-refractivity contribution in [3.05, 3.63) is 84.8 Å². The molecule has 2 heterocycles. The summed E-state index contributed by atoms with van der Waals surface area (Å²) in [4.78, 5) is 8.57. The van der Waals surface area contributed by atoms with Gasteiger partial charge in [0, 0.05) is 35.2 Å². The van der Waals surface area contributed by atoms with Crippen molar-refractivity contribution in [3.63, 3.8) is 0 Å². The second-order valence-electron chi connectivity index (χ2n) is 7.02. The maximum atomic E-state index is 12.8. The van der Waals surface area contributed by atoms with Gasteiger partial charge in [0.1, 0.15) is 5.75 Å². The lowest BCUT2D eigenvalue weighted by atomic mass is 10.1. The minimum atomic E-state index is -3.67. The van der Waals surface area contributed by atoms with Gasteiger partial charge in [-0.15, -0.1) is 0 Å². The number of ether oxygens (including phenoxy) is 1. The maximum absolute atomic E-state index is 12.8. The van der Waals surface area contributed by atoms with Crippen LogP contribution in [0, 0.1) is 0 Å². The molecule has 7 nitrogen and oxygen atoms in total. The van der Waals surface area contributed by atoms with Crippen molar-refractivity contribution in [2.45, 2.75) is 17.9 Å². The minimum absolute atomic E-state index is 0.196. The van der Waals surface area contributed by atoms with Crippen molar-refractivity contribution in [1.29, 1.82) is 0 Å². The first-order valence-electron chi connectivity index (χ1n) is 9.68. The third-order valence-corrected chi connectivity index (χ3v) is 6.49. The summed E-state index contributed by atoms with van der Waals surface area (Å²) in [6.45, 7) is 1.80. The van der Waals surface area contributed by atoms with Gasteiger partial charge < -0.3 is 10.1 Å². The van der Waals surface area contributed by atoms with Gasteiger partial charge in [-0.1, -0.05) is 12.1 Å². The molecule has 2 aromatic carbocycles. The molecule has 0 saturated heterocycles. The highest BCUT2D eigenvalue weighted by molar-refractivity contribution is 7.89. The molecule has 8 heteroatoms. The zero-order valence-corrected chi connectivity index (χ0v) is 17.9. The van der Waals surface area contributed by atoms with Gasteiger partial charge in [0.25, 0.3) is 0 Å². The molecule has 2 N–H and O–H groups in total. The fourth-order valence-corrected chi connectivity index (χ4v) is 4.47. The number of rotatable bonds is 7. The Kier molecular flexibility index (Phi) is 5.83. The van der Waals surface area contributed by atoms with E-state index >= 15 is 0 Å². The van der Waals surface area contributed by atoms with E-state index < -0.39 is 10.0 Å². The van der Waals surface area contributed by atoms with Gasteiger partial charge in [-0.25, -0.2) is 13.1 Å². The van der Waals surface area contributed by atoms with Crippen LogP contribution in [0.15, 0.2) is 84.1 Å². The molecule has 1 atom stereocenters. The van der Waals surface area contributed by atoms with E-state index in [0.717, 1.165) is 33.6 Å². The molecular formula is C23H22N4O3S. The van der Waals surface area contributed by atoms with Crippen LogP contribution in [-0.4, -0.2) is 25.5 Å². The lowest BCUT2D eigenvalue weighted by Gasteiger charge is -2.15. The Hall–Kier alpha value is -3.49. The van der Waals surface area contributed by atoms with Gasteiger partial charge >= 0.3 is 0 Å². The van der Waals surface area contributed by atoms with Crippen LogP contribution in [0.25, 0.3) is 10.9 Å². The van der Waals surface area contributed by atoms with Gasteiger partial charge in [0.15, 0.2) is 0 Å². The number of hydrogen-bond donors (Lipinski definition) is 2. The standard InChI is InChI=1S/C23H22N4O3S/c1-16(17-3-7-19(30-2)8-4-17)27-31(28,29)20-9-5-18(6-10-20)26-22-12-14-25-23-15-24-13-11-21(22)23/h3-16,27H,1-2H3,(H,25,26)/t16-/m1/s1. The van der Waals surface area contributed by atoms with E-state index in [1.54, 1.807) is 69.0 Å². The predicted molar refractivity (Wildman–Crippen MR) is 121 cm³/mol. The van der Waals surface area contributed by atoms with E-state index in [1.165, 1.54) is 0 Å². The summed E-state index contributed by atoms with van der Waals surface area (Å²) >= 11 is 0. The molecule has 4 rings (SSSR count). The smallest absolute Gasteiger partial charge is 0.241 e. The maximum Gasteiger partial charge on any atom is 0.241 e. The first-order valence-corrected chi connectivity index (χ1v) is 11.2. The van der Waals surface area contributed by atoms with Crippen LogP contribution in [0.3, 0.4) is 0 Å². The first kappa shape index (κ1) is 20.8. The molecule has 0 fully saturated rings. The van der Waals surface area contributed by atoms with E-state index in [-0.39, 0.29) is 10.9 Å². The Bertz CT molecular complexity index is 1290. The van der Waals surface area contributed by atoms with Crippen molar-refractivity contribution in [1.82, 2.24) is 14.7 Å². The topological polar surface area (TPSA) is 93.2 Å². The van der Waals surface area contributed by atoms with E-state index in [4.69, 9.17) is 4.74 Å². The minimum Gasteiger partial charge on any atom is -0.497 e. The second kappa shape index (κ2) is 8.71. The fraction of sp³-hybridized carbons (Fsp3) is 0.130. The molecule has 0 saturated carbocycles. The van der Waals surface area contributed by atoms with Gasteiger partial charge in [0.05, 0.1) is 23.7 Å². The fourth-order valence-electron chi connectivity index (χ4n) is 3.24. The van der Waals surface area contributed by atoms with Crippen LogP contribution in [0.4, 0.5) is 11.4 Å². The summed E-state index contributed by atoms with van der Waals surface area (Å²) in [6.07, 6.45) is 5.11. The number of pyridine rings is 2. The summed E-state index contributed by atoms with van der Waals surface area (Å²) in [7, 11) is -2.08. The van der Waals surface area contributed by atoms with E-state index in [9.17, 15) is 8.42 Å². The molecule has 0 bridgehead atoms.